The zero-order chi connectivity index (χ0) is 9.19. The summed E-state index contributed by atoms with van der Waals surface area (Å²) in [5.74, 6) is 0.630. The van der Waals surface area contributed by atoms with Crippen LogP contribution in [0, 0.1) is 0 Å². The highest BCUT2D eigenvalue weighted by molar-refractivity contribution is 9.10. The Bertz CT molecular complexity index is 319. The van der Waals surface area contributed by atoms with E-state index in [0.717, 1.165) is 4.47 Å². The molecular formula is C8H10BrO2P. The smallest absolute Gasteiger partial charge is 0.242 e. The molecule has 0 heterocycles. The third kappa shape index (κ3) is 3.00. The summed E-state index contributed by atoms with van der Waals surface area (Å²) >= 11 is 3.30. The summed E-state index contributed by atoms with van der Waals surface area (Å²) in [6, 6.07) is 7.36. The van der Waals surface area contributed by atoms with Gasteiger partial charge in [0.15, 0.2) is 0 Å². The van der Waals surface area contributed by atoms with Gasteiger partial charge in [-0.1, -0.05) is 12.1 Å². The van der Waals surface area contributed by atoms with Crippen molar-refractivity contribution >= 4 is 23.3 Å². The monoisotopic (exact) mass is 248 g/mol. The van der Waals surface area contributed by atoms with E-state index in [-0.39, 0.29) is 0 Å². The molecule has 1 aromatic carbocycles. The molecule has 0 bridgehead atoms. The Morgan fingerprint density at radius 3 is 2.42 bits per heavy atom. The lowest BCUT2D eigenvalue weighted by Gasteiger charge is -2.10. The van der Waals surface area contributed by atoms with Gasteiger partial charge in [0.05, 0.1) is 4.47 Å². The topological polar surface area (TPSA) is 26.3 Å². The van der Waals surface area contributed by atoms with E-state index in [1.54, 1.807) is 19.4 Å². The first-order valence-electron chi connectivity index (χ1n) is 3.48. The lowest BCUT2D eigenvalue weighted by molar-refractivity contribution is 0.493. The zero-order valence-electron chi connectivity index (χ0n) is 6.95. The van der Waals surface area contributed by atoms with Gasteiger partial charge in [-0.3, -0.25) is 4.57 Å². The highest BCUT2D eigenvalue weighted by atomic mass is 79.9. The molecule has 1 aromatic rings. The molecule has 0 aromatic heterocycles. The first-order valence-corrected chi connectivity index (χ1v) is 6.79. The Hall–Kier alpha value is -0.270. The lowest BCUT2D eigenvalue weighted by atomic mass is 10.3. The number of halogens is 1. The molecule has 2 nitrogen and oxygen atoms in total. The molecule has 0 spiro atoms. The van der Waals surface area contributed by atoms with E-state index in [1.165, 1.54) is 0 Å². The van der Waals surface area contributed by atoms with Crippen molar-refractivity contribution in [3.05, 3.63) is 28.7 Å². The first-order chi connectivity index (χ1) is 5.49. The van der Waals surface area contributed by atoms with E-state index in [0.29, 0.717) is 5.75 Å². The number of para-hydroxylation sites is 1. The van der Waals surface area contributed by atoms with Gasteiger partial charge in [-0.15, -0.1) is 0 Å². The number of rotatable bonds is 2. The van der Waals surface area contributed by atoms with Crippen LogP contribution in [0.5, 0.6) is 5.75 Å². The summed E-state index contributed by atoms with van der Waals surface area (Å²) < 4.78 is 17.4. The Morgan fingerprint density at radius 2 is 1.92 bits per heavy atom. The van der Waals surface area contributed by atoms with Crippen LogP contribution < -0.4 is 4.52 Å². The van der Waals surface area contributed by atoms with E-state index >= 15 is 0 Å². The second-order valence-corrected chi connectivity index (χ2v) is 6.31. The average molecular weight is 249 g/mol. The first kappa shape index (κ1) is 9.82. The van der Waals surface area contributed by atoms with Crippen molar-refractivity contribution in [3.8, 4) is 5.75 Å². The molecular weight excluding hydrogens is 239 g/mol. The fourth-order valence-electron chi connectivity index (χ4n) is 0.756. The second kappa shape index (κ2) is 3.63. The summed E-state index contributed by atoms with van der Waals surface area (Å²) in [5.41, 5.74) is 0. The highest BCUT2D eigenvalue weighted by Gasteiger charge is 2.10. The fraction of sp³-hybridized carbons (Fsp3) is 0.250. The zero-order valence-corrected chi connectivity index (χ0v) is 9.43. The van der Waals surface area contributed by atoms with Gasteiger partial charge in [0.25, 0.3) is 0 Å². The minimum Gasteiger partial charge on any atom is -0.442 e. The Morgan fingerprint density at radius 1 is 1.33 bits per heavy atom. The van der Waals surface area contributed by atoms with Gasteiger partial charge in [0, 0.05) is 13.3 Å². The molecule has 0 aliphatic heterocycles. The van der Waals surface area contributed by atoms with Crippen molar-refractivity contribution in [2.24, 2.45) is 0 Å². The summed E-state index contributed by atoms with van der Waals surface area (Å²) in [6.45, 7) is 3.18. The van der Waals surface area contributed by atoms with Gasteiger partial charge in [-0.2, -0.15) is 0 Å². The van der Waals surface area contributed by atoms with E-state index in [9.17, 15) is 4.57 Å². The predicted octanol–water partition coefficient (Wildman–Crippen LogP) is 3.37. The van der Waals surface area contributed by atoms with Gasteiger partial charge in [0.2, 0.25) is 7.37 Å². The largest absolute Gasteiger partial charge is 0.442 e. The average Bonchev–Trinajstić information content (AvgIpc) is 1.91. The molecule has 0 N–H and O–H groups in total. The van der Waals surface area contributed by atoms with E-state index in [1.807, 2.05) is 18.2 Å². The van der Waals surface area contributed by atoms with Gasteiger partial charge >= 0.3 is 0 Å². The van der Waals surface area contributed by atoms with Gasteiger partial charge in [0.1, 0.15) is 5.75 Å². The number of hydrogen-bond acceptors (Lipinski definition) is 2. The third-order valence-electron chi connectivity index (χ3n) is 1.15. The van der Waals surface area contributed by atoms with Crippen molar-refractivity contribution < 1.29 is 9.09 Å². The normalized spacial score (nSPS) is 11.2. The fourth-order valence-corrected chi connectivity index (χ4v) is 1.88. The number of hydrogen-bond donors (Lipinski definition) is 0. The molecule has 0 amide bonds. The molecule has 66 valence electrons. The molecule has 0 unspecified atom stereocenters. The number of benzene rings is 1. The van der Waals surface area contributed by atoms with E-state index in [4.69, 9.17) is 4.52 Å². The Labute approximate surface area is 80.5 Å². The van der Waals surface area contributed by atoms with Crippen LogP contribution in [0.25, 0.3) is 0 Å². The van der Waals surface area contributed by atoms with Crippen molar-refractivity contribution in [1.29, 1.82) is 0 Å². The summed E-state index contributed by atoms with van der Waals surface area (Å²) in [5, 5.41) is 0. The lowest BCUT2D eigenvalue weighted by Crippen LogP contribution is -1.88. The van der Waals surface area contributed by atoms with Crippen LogP contribution in [0.3, 0.4) is 0 Å². The minimum absolute atomic E-state index is 0.630. The summed E-state index contributed by atoms with van der Waals surface area (Å²) in [6.07, 6.45) is 0. The quantitative estimate of drug-likeness (QED) is 0.751. The van der Waals surface area contributed by atoms with Gasteiger partial charge < -0.3 is 4.52 Å². The maximum absolute atomic E-state index is 11.3. The molecule has 0 radical (unpaired) electrons. The van der Waals surface area contributed by atoms with Crippen LogP contribution in [0.4, 0.5) is 0 Å². The molecule has 1 rings (SSSR count). The second-order valence-electron chi connectivity index (χ2n) is 2.77. The van der Waals surface area contributed by atoms with Gasteiger partial charge in [-0.05, 0) is 28.1 Å². The minimum atomic E-state index is -2.44. The van der Waals surface area contributed by atoms with Crippen molar-refractivity contribution in [1.82, 2.24) is 0 Å². The molecule has 0 saturated carbocycles. The van der Waals surface area contributed by atoms with Crippen LogP contribution >= 0.6 is 23.3 Å². The molecule has 0 saturated heterocycles. The highest BCUT2D eigenvalue weighted by Crippen LogP contribution is 2.41. The SMILES string of the molecule is CP(C)(=O)Oc1ccccc1Br. The predicted molar refractivity (Wildman–Crippen MR) is 54.2 cm³/mol. The molecule has 0 aliphatic rings. The third-order valence-corrected chi connectivity index (χ3v) is 2.45. The molecule has 0 aliphatic carbocycles. The summed E-state index contributed by atoms with van der Waals surface area (Å²) in [7, 11) is -2.44. The summed E-state index contributed by atoms with van der Waals surface area (Å²) in [4.78, 5) is 0. The molecule has 0 atom stereocenters. The van der Waals surface area contributed by atoms with Crippen LogP contribution in [0.15, 0.2) is 28.7 Å². The Kier molecular flexibility index (Phi) is 2.97. The Balaban J connectivity index is 2.90. The van der Waals surface area contributed by atoms with Gasteiger partial charge in [-0.25, -0.2) is 0 Å². The van der Waals surface area contributed by atoms with Crippen molar-refractivity contribution in [3.63, 3.8) is 0 Å². The molecule has 12 heavy (non-hydrogen) atoms. The van der Waals surface area contributed by atoms with Crippen molar-refractivity contribution in [2.75, 3.05) is 13.3 Å². The molecule has 0 fully saturated rings. The maximum atomic E-state index is 11.3. The van der Waals surface area contributed by atoms with Crippen LogP contribution in [-0.4, -0.2) is 13.3 Å². The van der Waals surface area contributed by atoms with Crippen LogP contribution in [0.2, 0.25) is 0 Å². The van der Waals surface area contributed by atoms with Crippen molar-refractivity contribution in [2.45, 2.75) is 0 Å². The van der Waals surface area contributed by atoms with E-state index in [2.05, 4.69) is 15.9 Å². The standard InChI is InChI=1S/C8H10BrO2P/c1-12(2,10)11-8-6-4-3-5-7(8)9/h3-6H,1-2H3. The molecule has 4 heteroatoms. The van der Waals surface area contributed by atoms with E-state index < -0.39 is 7.37 Å². The van der Waals surface area contributed by atoms with Crippen LogP contribution in [0.1, 0.15) is 0 Å². The van der Waals surface area contributed by atoms with Crippen LogP contribution in [-0.2, 0) is 4.57 Å². The maximum Gasteiger partial charge on any atom is 0.242 e.